The van der Waals surface area contributed by atoms with Gasteiger partial charge in [0.1, 0.15) is 5.82 Å². The number of hydrogen-bond donors (Lipinski definition) is 1. The Balaban J connectivity index is 1.98. The molecule has 1 N–H and O–H groups in total. The van der Waals surface area contributed by atoms with Crippen molar-refractivity contribution in [3.05, 3.63) is 23.3 Å². The van der Waals surface area contributed by atoms with Crippen LogP contribution in [0.15, 0.2) is 17.5 Å². The first kappa shape index (κ1) is 8.17. The first-order valence-corrected chi connectivity index (χ1v) is 5.63. The van der Waals surface area contributed by atoms with Gasteiger partial charge < -0.3 is 0 Å². The van der Waals surface area contributed by atoms with E-state index in [9.17, 15) is 0 Å². The van der Waals surface area contributed by atoms with E-state index in [1.165, 1.54) is 12.8 Å². The van der Waals surface area contributed by atoms with Crippen LogP contribution in [0.4, 0.5) is 0 Å². The van der Waals surface area contributed by atoms with E-state index in [4.69, 9.17) is 0 Å². The molecular weight excluding hydrogens is 194 g/mol. The van der Waals surface area contributed by atoms with Crippen LogP contribution in [0.25, 0.3) is 10.7 Å². The molecule has 0 unspecified atom stereocenters. The maximum atomic E-state index is 4.53. The van der Waals surface area contributed by atoms with E-state index in [1.807, 2.05) is 17.5 Å². The van der Waals surface area contributed by atoms with Crippen molar-refractivity contribution in [2.45, 2.75) is 25.2 Å². The van der Waals surface area contributed by atoms with Gasteiger partial charge in [-0.25, -0.2) is 4.98 Å². The average molecular weight is 205 g/mol. The van der Waals surface area contributed by atoms with Gasteiger partial charge >= 0.3 is 0 Å². The lowest BCUT2D eigenvalue weighted by atomic mass is 10.1. The van der Waals surface area contributed by atoms with Gasteiger partial charge in [-0.05, 0) is 24.3 Å². The molecule has 0 aromatic carbocycles. The zero-order valence-corrected chi connectivity index (χ0v) is 8.77. The Kier molecular flexibility index (Phi) is 1.56. The van der Waals surface area contributed by atoms with E-state index in [2.05, 4.69) is 22.1 Å². The van der Waals surface area contributed by atoms with Gasteiger partial charge in [0.25, 0.3) is 0 Å². The van der Waals surface area contributed by atoms with Crippen molar-refractivity contribution in [2.24, 2.45) is 0 Å². The fourth-order valence-electron chi connectivity index (χ4n) is 1.47. The van der Waals surface area contributed by atoms with Gasteiger partial charge in [0, 0.05) is 5.41 Å². The lowest BCUT2D eigenvalue weighted by molar-refractivity contribution is 0.714. The summed E-state index contributed by atoms with van der Waals surface area (Å²) >= 11 is 1.68. The number of rotatable bonds is 2. The predicted octanol–water partition coefficient (Wildman–Crippen LogP) is 2.58. The van der Waals surface area contributed by atoms with Crippen molar-refractivity contribution in [1.29, 1.82) is 0 Å². The normalized spacial score (nSPS) is 18.4. The molecule has 14 heavy (non-hydrogen) atoms. The second kappa shape index (κ2) is 2.67. The molecule has 4 heteroatoms. The molecule has 3 nitrogen and oxygen atoms in total. The number of thiophene rings is 1. The van der Waals surface area contributed by atoms with Crippen LogP contribution in [0.1, 0.15) is 25.6 Å². The van der Waals surface area contributed by atoms with Crippen LogP contribution in [-0.2, 0) is 5.41 Å². The highest BCUT2D eigenvalue weighted by molar-refractivity contribution is 7.13. The summed E-state index contributed by atoms with van der Waals surface area (Å²) in [6.07, 6.45) is 2.46. The summed E-state index contributed by atoms with van der Waals surface area (Å²) < 4.78 is 0. The molecule has 1 saturated carbocycles. The third-order valence-electron chi connectivity index (χ3n) is 2.80. The summed E-state index contributed by atoms with van der Waals surface area (Å²) in [6.45, 7) is 2.23. The van der Waals surface area contributed by atoms with Gasteiger partial charge in [-0.3, -0.25) is 5.10 Å². The Bertz CT molecular complexity index is 440. The van der Waals surface area contributed by atoms with Crippen LogP contribution in [0.2, 0.25) is 0 Å². The fourth-order valence-corrected chi connectivity index (χ4v) is 2.13. The Morgan fingerprint density at radius 1 is 1.50 bits per heavy atom. The fraction of sp³-hybridized carbons (Fsp3) is 0.400. The summed E-state index contributed by atoms with van der Waals surface area (Å²) in [4.78, 5) is 5.67. The summed E-state index contributed by atoms with van der Waals surface area (Å²) in [5, 5.41) is 9.33. The average Bonchev–Trinajstić information content (AvgIpc) is 2.73. The van der Waals surface area contributed by atoms with Crippen molar-refractivity contribution >= 4 is 11.3 Å². The molecule has 0 bridgehead atoms. The number of nitrogens with zero attached hydrogens (tertiary/aromatic N) is 2. The minimum absolute atomic E-state index is 0.280. The van der Waals surface area contributed by atoms with E-state index in [0.29, 0.717) is 0 Å². The molecule has 0 aliphatic heterocycles. The molecular formula is C10H11N3S. The predicted molar refractivity (Wildman–Crippen MR) is 56.3 cm³/mol. The van der Waals surface area contributed by atoms with Crippen LogP contribution in [0.5, 0.6) is 0 Å². The molecule has 0 atom stereocenters. The molecule has 1 aliphatic carbocycles. The summed E-state index contributed by atoms with van der Waals surface area (Å²) in [7, 11) is 0. The van der Waals surface area contributed by atoms with Crippen LogP contribution in [0, 0.1) is 0 Å². The summed E-state index contributed by atoms with van der Waals surface area (Å²) in [5.74, 6) is 1.88. The smallest absolute Gasteiger partial charge is 0.191 e. The summed E-state index contributed by atoms with van der Waals surface area (Å²) in [6, 6.07) is 4.07. The molecule has 0 spiro atoms. The summed E-state index contributed by atoms with van der Waals surface area (Å²) in [5.41, 5.74) is 0.280. The molecule has 0 amide bonds. The van der Waals surface area contributed by atoms with Gasteiger partial charge in [-0.2, -0.15) is 5.10 Å². The number of hydrogen-bond acceptors (Lipinski definition) is 3. The quantitative estimate of drug-likeness (QED) is 0.818. The van der Waals surface area contributed by atoms with Crippen molar-refractivity contribution in [1.82, 2.24) is 15.2 Å². The van der Waals surface area contributed by atoms with Crippen LogP contribution >= 0.6 is 11.3 Å². The standard InChI is InChI=1S/C10H11N3S/c1-10(4-5-10)9-11-8(12-13-9)7-3-2-6-14-7/h2-3,6H,4-5H2,1H3,(H,11,12,13). The lowest BCUT2D eigenvalue weighted by Gasteiger charge is -1.99. The van der Waals surface area contributed by atoms with Gasteiger partial charge in [0.2, 0.25) is 0 Å². The Morgan fingerprint density at radius 2 is 2.36 bits per heavy atom. The second-order valence-electron chi connectivity index (χ2n) is 4.05. The third kappa shape index (κ3) is 1.18. The second-order valence-corrected chi connectivity index (χ2v) is 4.99. The third-order valence-corrected chi connectivity index (χ3v) is 3.66. The molecule has 1 aliphatic rings. The molecule has 0 saturated heterocycles. The van der Waals surface area contributed by atoms with E-state index in [1.54, 1.807) is 11.3 Å². The number of H-pyrrole nitrogens is 1. The Labute approximate surface area is 86.2 Å². The molecule has 2 aromatic rings. The number of nitrogens with one attached hydrogen (secondary N) is 1. The SMILES string of the molecule is CC1(c2nc(-c3cccs3)n[nH]2)CC1. The highest BCUT2D eigenvalue weighted by Crippen LogP contribution is 2.46. The molecule has 1 fully saturated rings. The lowest BCUT2D eigenvalue weighted by Crippen LogP contribution is -2.01. The van der Waals surface area contributed by atoms with Gasteiger partial charge in [0.15, 0.2) is 5.82 Å². The molecule has 72 valence electrons. The van der Waals surface area contributed by atoms with Crippen molar-refractivity contribution in [2.75, 3.05) is 0 Å². The first-order chi connectivity index (χ1) is 6.78. The van der Waals surface area contributed by atoms with Gasteiger partial charge in [-0.1, -0.05) is 13.0 Å². The highest BCUT2D eigenvalue weighted by atomic mass is 32.1. The highest BCUT2D eigenvalue weighted by Gasteiger charge is 2.42. The van der Waals surface area contributed by atoms with E-state index in [0.717, 1.165) is 16.5 Å². The minimum atomic E-state index is 0.280. The van der Waals surface area contributed by atoms with Crippen LogP contribution < -0.4 is 0 Å². The van der Waals surface area contributed by atoms with Gasteiger partial charge in [-0.15, -0.1) is 11.3 Å². The molecule has 0 radical (unpaired) electrons. The maximum Gasteiger partial charge on any atom is 0.191 e. The first-order valence-electron chi connectivity index (χ1n) is 4.75. The number of aromatic nitrogens is 3. The Morgan fingerprint density at radius 3 is 3.00 bits per heavy atom. The Hall–Kier alpha value is -1.16. The molecule has 2 aromatic heterocycles. The zero-order chi connectivity index (χ0) is 9.60. The number of aromatic amines is 1. The van der Waals surface area contributed by atoms with Crippen molar-refractivity contribution in [3.8, 4) is 10.7 Å². The molecule has 3 rings (SSSR count). The molecule has 2 heterocycles. The van der Waals surface area contributed by atoms with E-state index < -0.39 is 0 Å². The van der Waals surface area contributed by atoms with E-state index >= 15 is 0 Å². The van der Waals surface area contributed by atoms with E-state index in [-0.39, 0.29) is 5.41 Å². The topological polar surface area (TPSA) is 41.6 Å². The van der Waals surface area contributed by atoms with Gasteiger partial charge in [0.05, 0.1) is 4.88 Å². The monoisotopic (exact) mass is 205 g/mol. The van der Waals surface area contributed by atoms with Crippen molar-refractivity contribution in [3.63, 3.8) is 0 Å². The van der Waals surface area contributed by atoms with Crippen molar-refractivity contribution < 1.29 is 0 Å². The van der Waals surface area contributed by atoms with Crippen LogP contribution in [0.3, 0.4) is 0 Å². The largest absolute Gasteiger partial charge is 0.262 e. The minimum Gasteiger partial charge on any atom is -0.262 e. The maximum absolute atomic E-state index is 4.53. The van der Waals surface area contributed by atoms with Crippen LogP contribution in [-0.4, -0.2) is 15.2 Å². The zero-order valence-electron chi connectivity index (χ0n) is 7.95.